The van der Waals surface area contributed by atoms with Crippen LogP contribution < -0.4 is 0 Å². The number of rotatable bonds is 0. The minimum atomic E-state index is -4.30. The van der Waals surface area contributed by atoms with Crippen LogP contribution in [0.3, 0.4) is 0 Å². The first-order valence-corrected chi connectivity index (χ1v) is 3.88. The lowest BCUT2D eigenvalue weighted by molar-refractivity contribution is -0.137. The van der Waals surface area contributed by atoms with Crippen LogP contribution in [-0.4, -0.2) is 9.78 Å². The Kier molecular flexibility index (Phi) is 1.68. The summed E-state index contributed by atoms with van der Waals surface area (Å²) in [5.74, 6) is 0. The SMILES string of the molecule is FC(F)(F)c1cnn2c1C=CCC2. The van der Waals surface area contributed by atoms with Crippen molar-refractivity contribution in [3.8, 4) is 0 Å². The zero-order valence-electron chi connectivity index (χ0n) is 6.67. The Bertz CT molecular complexity index is 349. The molecule has 0 unspecified atom stereocenters. The maximum absolute atomic E-state index is 12.3. The molecule has 0 saturated heterocycles. The van der Waals surface area contributed by atoms with Gasteiger partial charge in [0.25, 0.3) is 0 Å². The largest absolute Gasteiger partial charge is 0.420 e. The number of hydrogen-bond donors (Lipinski definition) is 0. The average Bonchev–Trinajstić information content (AvgIpc) is 2.45. The normalized spacial score (nSPS) is 15.9. The quantitative estimate of drug-likeness (QED) is 0.610. The van der Waals surface area contributed by atoms with Crippen LogP contribution in [0.2, 0.25) is 0 Å². The van der Waals surface area contributed by atoms with Gasteiger partial charge in [0.1, 0.15) is 5.56 Å². The number of aromatic nitrogens is 2. The van der Waals surface area contributed by atoms with Crippen molar-refractivity contribution in [2.45, 2.75) is 19.1 Å². The van der Waals surface area contributed by atoms with Crippen LogP contribution in [0.5, 0.6) is 0 Å². The van der Waals surface area contributed by atoms with Gasteiger partial charge in [0.15, 0.2) is 0 Å². The van der Waals surface area contributed by atoms with E-state index >= 15 is 0 Å². The molecule has 13 heavy (non-hydrogen) atoms. The van der Waals surface area contributed by atoms with Crippen LogP contribution in [0.15, 0.2) is 12.3 Å². The fourth-order valence-electron chi connectivity index (χ4n) is 1.36. The molecule has 0 aromatic carbocycles. The second-order valence-corrected chi connectivity index (χ2v) is 2.86. The summed E-state index contributed by atoms with van der Waals surface area (Å²) in [6, 6.07) is 0. The number of halogens is 3. The Morgan fingerprint density at radius 2 is 2.15 bits per heavy atom. The van der Waals surface area contributed by atoms with E-state index in [0.717, 1.165) is 12.6 Å². The first-order valence-electron chi connectivity index (χ1n) is 3.88. The van der Waals surface area contributed by atoms with Gasteiger partial charge in [-0.25, -0.2) is 0 Å². The van der Waals surface area contributed by atoms with Crippen molar-refractivity contribution in [3.05, 3.63) is 23.5 Å². The summed E-state index contributed by atoms with van der Waals surface area (Å²) in [5, 5.41) is 3.67. The number of aryl methyl sites for hydroxylation is 1. The van der Waals surface area contributed by atoms with Gasteiger partial charge in [0.05, 0.1) is 11.9 Å². The van der Waals surface area contributed by atoms with E-state index in [9.17, 15) is 13.2 Å². The molecule has 5 heteroatoms. The Labute approximate surface area is 72.7 Å². The third-order valence-electron chi connectivity index (χ3n) is 1.97. The first-order chi connectivity index (χ1) is 6.09. The van der Waals surface area contributed by atoms with Gasteiger partial charge in [-0.1, -0.05) is 6.08 Å². The van der Waals surface area contributed by atoms with E-state index in [1.807, 2.05) is 0 Å². The maximum Gasteiger partial charge on any atom is 0.420 e. The first kappa shape index (κ1) is 8.34. The van der Waals surface area contributed by atoms with Gasteiger partial charge in [-0.3, -0.25) is 4.68 Å². The smallest absolute Gasteiger partial charge is 0.265 e. The lowest BCUT2D eigenvalue weighted by Crippen LogP contribution is -2.10. The summed E-state index contributed by atoms with van der Waals surface area (Å²) in [6.07, 6.45) is 0.526. The monoisotopic (exact) mass is 188 g/mol. The van der Waals surface area contributed by atoms with Gasteiger partial charge >= 0.3 is 6.18 Å². The predicted molar refractivity (Wildman–Crippen MR) is 40.9 cm³/mol. The molecule has 0 saturated carbocycles. The predicted octanol–water partition coefficient (Wildman–Crippen LogP) is 2.32. The molecular weight excluding hydrogens is 181 g/mol. The average molecular weight is 188 g/mol. The van der Waals surface area contributed by atoms with Crippen molar-refractivity contribution in [2.24, 2.45) is 0 Å². The molecule has 2 rings (SSSR count). The molecule has 0 radical (unpaired) electrons. The number of fused-ring (bicyclic) bond motifs is 1. The Morgan fingerprint density at radius 3 is 2.85 bits per heavy atom. The van der Waals surface area contributed by atoms with Crippen molar-refractivity contribution < 1.29 is 13.2 Å². The number of allylic oxidation sites excluding steroid dienone is 1. The lowest BCUT2D eigenvalue weighted by Gasteiger charge is -2.10. The van der Waals surface area contributed by atoms with Crippen molar-refractivity contribution in [1.29, 1.82) is 0 Å². The van der Waals surface area contributed by atoms with Crippen molar-refractivity contribution >= 4 is 6.08 Å². The lowest BCUT2D eigenvalue weighted by atomic mass is 10.2. The van der Waals surface area contributed by atoms with Crippen LogP contribution >= 0.6 is 0 Å². The van der Waals surface area contributed by atoms with E-state index in [1.54, 1.807) is 6.08 Å². The molecule has 0 N–H and O–H groups in total. The molecule has 1 aliphatic rings. The molecule has 70 valence electrons. The van der Waals surface area contributed by atoms with E-state index in [4.69, 9.17) is 0 Å². The van der Waals surface area contributed by atoms with Gasteiger partial charge in [-0.05, 0) is 12.5 Å². The highest BCUT2D eigenvalue weighted by molar-refractivity contribution is 5.51. The molecule has 0 fully saturated rings. The summed E-state index contributed by atoms with van der Waals surface area (Å²) >= 11 is 0. The molecule has 0 bridgehead atoms. The molecule has 2 heterocycles. The van der Waals surface area contributed by atoms with Crippen LogP contribution in [0.1, 0.15) is 17.7 Å². The van der Waals surface area contributed by atoms with Crippen molar-refractivity contribution in [3.63, 3.8) is 0 Å². The van der Waals surface area contributed by atoms with Gasteiger partial charge in [-0.2, -0.15) is 18.3 Å². The summed E-state index contributed by atoms with van der Waals surface area (Å²) < 4.78 is 38.3. The Balaban J connectivity index is 2.51. The summed E-state index contributed by atoms with van der Waals surface area (Å²) in [7, 11) is 0. The summed E-state index contributed by atoms with van der Waals surface area (Å²) in [6.45, 7) is 0.530. The topological polar surface area (TPSA) is 17.8 Å². The van der Waals surface area contributed by atoms with Crippen LogP contribution in [-0.2, 0) is 12.7 Å². The molecule has 0 atom stereocenters. The van der Waals surface area contributed by atoms with Gasteiger partial charge in [-0.15, -0.1) is 0 Å². The van der Waals surface area contributed by atoms with Crippen LogP contribution in [0.4, 0.5) is 13.2 Å². The molecule has 0 aliphatic carbocycles. The highest BCUT2D eigenvalue weighted by atomic mass is 19.4. The Morgan fingerprint density at radius 1 is 1.38 bits per heavy atom. The second-order valence-electron chi connectivity index (χ2n) is 2.86. The number of alkyl halides is 3. The molecular formula is C8H7F3N2. The van der Waals surface area contributed by atoms with Gasteiger partial charge in [0, 0.05) is 6.54 Å². The second kappa shape index (κ2) is 2.61. The van der Waals surface area contributed by atoms with E-state index in [1.165, 1.54) is 10.8 Å². The summed E-state index contributed by atoms with van der Waals surface area (Å²) in [4.78, 5) is 0. The minimum absolute atomic E-state index is 0.166. The molecule has 2 nitrogen and oxygen atoms in total. The van der Waals surface area contributed by atoms with Gasteiger partial charge < -0.3 is 0 Å². The van der Waals surface area contributed by atoms with E-state index in [-0.39, 0.29) is 5.69 Å². The highest BCUT2D eigenvalue weighted by Crippen LogP contribution is 2.33. The third-order valence-corrected chi connectivity index (χ3v) is 1.97. The van der Waals surface area contributed by atoms with Crippen molar-refractivity contribution in [2.75, 3.05) is 0 Å². The zero-order valence-corrected chi connectivity index (χ0v) is 6.67. The zero-order chi connectivity index (χ0) is 9.47. The van der Waals surface area contributed by atoms with Crippen LogP contribution in [0, 0.1) is 0 Å². The molecule has 1 aromatic rings. The molecule has 1 aromatic heterocycles. The molecule has 0 amide bonds. The van der Waals surface area contributed by atoms with Gasteiger partial charge in [0.2, 0.25) is 0 Å². The third kappa shape index (κ3) is 1.34. The minimum Gasteiger partial charge on any atom is -0.265 e. The Hall–Kier alpha value is -1.26. The summed E-state index contributed by atoms with van der Waals surface area (Å²) in [5.41, 5.74) is -0.484. The highest BCUT2D eigenvalue weighted by Gasteiger charge is 2.35. The fraction of sp³-hybridized carbons (Fsp3) is 0.375. The van der Waals surface area contributed by atoms with Crippen LogP contribution in [0.25, 0.3) is 6.08 Å². The van der Waals surface area contributed by atoms with Crippen molar-refractivity contribution in [1.82, 2.24) is 9.78 Å². The maximum atomic E-state index is 12.3. The standard InChI is InChI=1S/C8H7F3N2/c9-8(10,11)6-5-12-13-4-2-1-3-7(6)13/h1,3,5H,2,4H2. The van der Waals surface area contributed by atoms with E-state index in [0.29, 0.717) is 6.54 Å². The fourth-order valence-corrected chi connectivity index (χ4v) is 1.36. The van der Waals surface area contributed by atoms with E-state index in [2.05, 4.69) is 5.10 Å². The number of hydrogen-bond acceptors (Lipinski definition) is 1. The van der Waals surface area contributed by atoms with E-state index < -0.39 is 11.7 Å². The number of nitrogens with zero attached hydrogens (tertiary/aromatic N) is 2. The molecule has 1 aliphatic heterocycles. The molecule has 0 spiro atoms.